The summed E-state index contributed by atoms with van der Waals surface area (Å²) in [7, 11) is -2.62. The molecule has 0 bridgehead atoms. The molecular weight excluding hydrogens is 570 g/mol. The normalized spacial score (nSPS) is 11.8. The Morgan fingerprint density at radius 1 is 0.974 bits per heavy atom. The maximum absolute atomic E-state index is 13.8. The van der Waals surface area contributed by atoms with Gasteiger partial charge in [0.15, 0.2) is 0 Å². The summed E-state index contributed by atoms with van der Waals surface area (Å²) < 4.78 is 32.2. The number of nitrogens with zero attached hydrogens (tertiary/aromatic N) is 4. The van der Waals surface area contributed by atoms with Crippen LogP contribution in [0.1, 0.15) is 18.2 Å². The van der Waals surface area contributed by atoms with Crippen LogP contribution in [-0.4, -0.2) is 35.9 Å². The molecule has 0 saturated heterocycles. The molecule has 0 fully saturated rings. The van der Waals surface area contributed by atoms with Crippen LogP contribution in [0.5, 0.6) is 0 Å². The third-order valence-corrected chi connectivity index (χ3v) is 8.29. The van der Waals surface area contributed by atoms with E-state index in [0.717, 1.165) is 14.3 Å². The molecule has 9 nitrogen and oxygen atoms in total. The maximum atomic E-state index is 13.8. The lowest BCUT2D eigenvalue weighted by molar-refractivity contribution is -0.119. The van der Waals surface area contributed by atoms with Crippen molar-refractivity contribution in [3.8, 4) is 5.69 Å². The van der Waals surface area contributed by atoms with Crippen LogP contribution < -0.4 is 15.3 Å². The molecule has 0 saturated carbocycles. The quantitative estimate of drug-likeness (QED) is 0.245. The van der Waals surface area contributed by atoms with E-state index in [1.165, 1.54) is 16.8 Å². The van der Waals surface area contributed by atoms with Gasteiger partial charge in [0.2, 0.25) is 0 Å². The van der Waals surface area contributed by atoms with Crippen molar-refractivity contribution in [1.29, 1.82) is 0 Å². The molecule has 1 heterocycles. The molecule has 1 amide bonds. The van der Waals surface area contributed by atoms with Gasteiger partial charge in [0.1, 0.15) is 12.2 Å². The third kappa shape index (κ3) is 5.48. The van der Waals surface area contributed by atoms with Gasteiger partial charge in [0.05, 0.1) is 22.0 Å². The molecule has 0 atom stereocenters. The molecule has 11 heteroatoms. The fraction of sp³-hybridized carbons (Fsp3) is 0.148. The summed E-state index contributed by atoms with van der Waals surface area (Å²) in [6.07, 6.45) is 0. The molecule has 0 aliphatic carbocycles. The van der Waals surface area contributed by atoms with E-state index in [4.69, 9.17) is 0 Å². The Morgan fingerprint density at radius 3 is 2.16 bits per heavy atom. The standard InChI is InChI=1S/C27H26BrN5O4S/c1-19(21-14-16-22(28)17-15-21)29-30-25(34)18-32(38(36,37)24-12-8-5-9-13-24)26-20(2)31(3)33(27(26)35)23-10-6-4-7-11-23/h4-17H,18H2,1-3H3,(H,30,34)/b29-19-. The van der Waals surface area contributed by atoms with Crippen LogP contribution in [0.15, 0.2) is 104 Å². The lowest BCUT2D eigenvalue weighted by Gasteiger charge is -2.22. The van der Waals surface area contributed by atoms with E-state index in [-0.39, 0.29) is 10.6 Å². The van der Waals surface area contributed by atoms with E-state index in [2.05, 4.69) is 26.5 Å². The maximum Gasteiger partial charge on any atom is 0.296 e. The zero-order valence-electron chi connectivity index (χ0n) is 21.0. The van der Waals surface area contributed by atoms with Crippen molar-refractivity contribution in [3.05, 3.63) is 111 Å². The minimum atomic E-state index is -4.28. The molecule has 0 aliphatic rings. The molecule has 0 aliphatic heterocycles. The number of amides is 1. The Kier molecular flexibility index (Phi) is 7.98. The van der Waals surface area contributed by atoms with E-state index in [1.807, 2.05) is 30.3 Å². The number of nitrogens with one attached hydrogen (secondary N) is 1. The van der Waals surface area contributed by atoms with Crippen molar-refractivity contribution >= 4 is 43.3 Å². The van der Waals surface area contributed by atoms with E-state index >= 15 is 0 Å². The number of anilines is 1. The summed E-state index contributed by atoms with van der Waals surface area (Å²) in [5.74, 6) is -0.699. The van der Waals surface area contributed by atoms with Gasteiger partial charge in [-0.05, 0) is 55.8 Å². The van der Waals surface area contributed by atoms with Gasteiger partial charge in [-0.1, -0.05) is 64.5 Å². The first-order valence-corrected chi connectivity index (χ1v) is 13.9. The van der Waals surface area contributed by atoms with Gasteiger partial charge in [-0.15, -0.1) is 0 Å². The van der Waals surface area contributed by atoms with E-state index in [1.54, 1.807) is 68.0 Å². The van der Waals surface area contributed by atoms with Crippen LogP contribution in [-0.2, 0) is 21.9 Å². The molecule has 38 heavy (non-hydrogen) atoms. The Morgan fingerprint density at radius 2 is 1.55 bits per heavy atom. The molecule has 0 unspecified atom stereocenters. The number of benzene rings is 3. The van der Waals surface area contributed by atoms with Gasteiger partial charge in [0.25, 0.3) is 21.5 Å². The van der Waals surface area contributed by atoms with Crippen LogP contribution in [0.25, 0.3) is 5.69 Å². The average molecular weight is 597 g/mol. The highest BCUT2D eigenvalue weighted by atomic mass is 79.9. The highest BCUT2D eigenvalue weighted by Gasteiger charge is 2.33. The SMILES string of the molecule is C/C(=N/NC(=O)CN(c1c(C)n(C)n(-c2ccccc2)c1=O)S(=O)(=O)c1ccccc1)c1ccc(Br)cc1. The molecule has 196 valence electrons. The average Bonchev–Trinajstić information content (AvgIpc) is 3.14. The van der Waals surface area contributed by atoms with Crippen molar-refractivity contribution in [2.24, 2.45) is 12.1 Å². The van der Waals surface area contributed by atoms with Crippen molar-refractivity contribution in [2.45, 2.75) is 18.7 Å². The van der Waals surface area contributed by atoms with Crippen LogP contribution in [0.2, 0.25) is 0 Å². The van der Waals surface area contributed by atoms with Gasteiger partial charge in [-0.25, -0.2) is 22.8 Å². The Hall–Kier alpha value is -3.96. The Bertz CT molecular complexity index is 1650. The summed E-state index contributed by atoms with van der Waals surface area (Å²) in [6.45, 7) is 2.71. The van der Waals surface area contributed by atoms with Gasteiger partial charge < -0.3 is 0 Å². The summed E-state index contributed by atoms with van der Waals surface area (Å²) in [4.78, 5) is 26.6. The minimum Gasteiger partial charge on any atom is -0.283 e. The van der Waals surface area contributed by atoms with Crippen molar-refractivity contribution < 1.29 is 13.2 Å². The molecule has 4 aromatic rings. The fourth-order valence-corrected chi connectivity index (χ4v) is 5.67. The lowest BCUT2D eigenvalue weighted by Crippen LogP contribution is -2.42. The van der Waals surface area contributed by atoms with Crippen molar-refractivity contribution in [2.75, 3.05) is 10.8 Å². The highest BCUT2D eigenvalue weighted by molar-refractivity contribution is 9.10. The van der Waals surface area contributed by atoms with Gasteiger partial charge in [-0.3, -0.25) is 14.3 Å². The van der Waals surface area contributed by atoms with Crippen LogP contribution >= 0.6 is 15.9 Å². The first kappa shape index (κ1) is 27.1. The number of halogens is 1. The minimum absolute atomic E-state index is 0.0451. The lowest BCUT2D eigenvalue weighted by atomic mass is 10.1. The Balaban J connectivity index is 1.75. The molecule has 1 aromatic heterocycles. The number of hydrazone groups is 1. The first-order chi connectivity index (χ1) is 18.1. The smallest absolute Gasteiger partial charge is 0.283 e. The number of hydrogen-bond donors (Lipinski definition) is 1. The van der Waals surface area contributed by atoms with Gasteiger partial charge >= 0.3 is 0 Å². The number of aromatic nitrogens is 2. The topological polar surface area (TPSA) is 106 Å². The second-order valence-electron chi connectivity index (χ2n) is 8.47. The molecule has 3 aromatic carbocycles. The monoisotopic (exact) mass is 595 g/mol. The van der Waals surface area contributed by atoms with E-state index in [9.17, 15) is 18.0 Å². The number of sulfonamides is 1. The Labute approximate surface area is 229 Å². The highest BCUT2D eigenvalue weighted by Crippen LogP contribution is 2.25. The zero-order valence-corrected chi connectivity index (χ0v) is 23.4. The third-order valence-electron chi connectivity index (χ3n) is 6.00. The predicted octanol–water partition coefficient (Wildman–Crippen LogP) is 3.98. The van der Waals surface area contributed by atoms with Crippen molar-refractivity contribution in [3.63, 3.8) is 0 Å². The largest absolute Gasteiger partial charge is 0.296 e. The van der Waals surface area contributed by atoms with E-state index < -0.39 is 28.0 Å². The first-order valence-electron chi connectivity index (χ1n) is 11.6. The van der Waals surface area contributed by atoms with Gasteiger partial charge in [-0.2, -0.15) is 5.10 Å². The molecule has 1 N–H and O–H groups in total. The zero-order chi connectivity index (χ0) is 27.4. The summed E-state index contributed by atoms with van der Waals surface area (Å²) in [6, 6.07) is 23.9. The number of hydrogen-bond acceptors (Lipinski definition) is 5. The summed E-state index contributed by atoms with van der Waals surface area (Å²) >= 11 is 3.38. The molecule has 0 radical (unpaired) electrons. The predicted molar refractivity (Wildman–Crippen MR) is 151 cm³/mol. The van der Waals surface area contributed by atoms with Crippen LogP contribution in [0, 0.1) is 6.92 Å². The fourth-order valence-electron chi connectivity index (χ4n) is 3.91. The molecule has 4 rings (SSSR count). The number of para-hydroxylation sites is 1. The number of rotatable bonds is 8. The molecular formula is C27H26BrN5O4S. The number of carbonyl (C=O) groups excluding carboxylic acids is 1. The molecule has 0 spiro atoms. The van der Waals surface area contributed by atoms with Gasteiger partial charge in [0, 0.05) is 11.5 Å². The second-order valence-corrected chi connectivity index (χ2v) is 11.3. The number of carbonyl (C=O) groups is 1. The summed E-state index contributed by atoms with van der Waals surface area (Å²) in [5.41, 5.74) is 3.99. The van der Waals surface area contributed by atoms with Crippen LogP contribution in [0.4, 0.5) is 5.69 Å². The van der Waals surface area contributed by atoms with E-state index in [0.29, 0.717) is 17.1 Å². The van der Waals surface area contributed by atoms with Crippen LogP contribution in [0.3, 0.4) is 0 Å². The van der Waals surface area contributed by atoms with Crippen molar-refractivity contribution in [1.82, 2.24) is 14.8 Å². The summed E-state index contributed by atoms with van der Waals surface area (Å²) in [5, 5.41) is 4.13. The second kappa shape index (κ2) is 11.2.